The lowest BCUT2D eigenvalue weighted by Crippen LogP contribution is -2.15. The van der Waals surface area contributed by atoms with Crippen LogP contribution in [0.4, 0.5) is 0 Å². The number of aryl methyl sites for hydroxylation is 1. The molecular weight excluding hydrogens is 242 g/mol. The Balaban J connectivity index is 3.02. The first kappa shape index (κ1) is 13.8. The maximum Gasteiger partial charge on any atom is 0.303 e. The highest BCUT2D eigenvalue weighted by molar-refractivity contribution is 6.32. The van der Waals surface area contributed by atoms with Gasteiger partial charge in [0.1, 0.15) is 5.75 Å². The number of nitrogens with two attached hydrogens (primary N) is 1. The molecule has 17 heavy (non-hydrogen) atoms. The number of rotatable bonds is 5. The van der Waals surface area contributed by atoms with Gasteiger partial charge in [-0.15, -0.1) is 0 Å². The number of ether oxygens (including phenoxy) is 1. The summed E-state index contributed by atoms with van der Waals surface area (Å²) in [6.07, 6.45) is 0.378. The Hall–Kier alpha value is -1.26. The van der Waals surface area contributed by atoms with Crippen LogP contribution in [0.1, 0.15) is 30.0 Å². The van der Waals surface area contributed by atoms with E-state index in [0.717, 1.165) is 11.1 Å². The number of methoxy groups -OCH3 is 1. The Morgan fingerprint density at radius 1 is 1.59 bits per heavy atom. The van der Waals surface area contributed by atoms with E-state index in [1.807, 2.05) is 13.0 Å². The highest BCUT2D eigenvalue weighted by Crippen LogP contribution is 2.35. The SMILES string of the molecule is COc1c(Cl)ccc(C)c1C(N)CCC(=O)O. The highest BCUT2D eigenvalue weighted by atomic mass is 35.5. The first-order valence-electron chi connectivity index (χ1n) is 5.27. The summed E-state index contributed by atoms with van der Waals surface area (Å²) < 4.78 is 5.23. The van der Waals surface area contributed by atoms with Crippen LogP contribution in [-0.4, -0.2) is 18.2 Å². The number of hydrogen-bond acceptors (Lipinski definition) is 3. The molecule has 0 amide bonds. The normalized spacial score (nSPS) is 12.2. The van der Waals surface area contributed by atoms with Gasteiger partial charge in [-0.1, -0.05) is 17.7 Å². The molecule has 0 saturated heterocycles. The van der Waals surface area contributed by atoms with Crippen LogP contribution in [-0.2, 0) is 4.79 Å². The zero-order valence-electron chi connectivity index (χ0n) is 9.87. The number of hydrogen-bond donors (Lipinski definition) is 2. The second-order valence-corrected chi connectivity index (χ2v) is 4.26. The van der Waals surface area contributed by atoms with Crippen molar-refractivity contribution in [2.45, 2.75) is 25.8 Å². The molecule has 0 radical (unpaired) electrons. The van der Waals surface area contributed by atoms with E-state index in [-0.39, 0.29) is 12.5 Å². The van der Waals surface area contributed by atoms with Gasteiger partial charge < -0.3 is 15.6 Å². The van der Waals surface area contributed by atoms with Crippen LogP contribution in [0, 0.1) is 6.92 Å². The van der Waals surface area contributed by atoms with Crippen molar-refractivity contribution in [3.63, 3.8) is 0 Å². The number of aliphatic carboxylic acids is 1. The van der Waals surface area contributed by atoms with E-state index in [2.05, 4.69) is 0 Å². The molecule has 0 aromatic heterocycles. The first-order chi connectivity index (χ1) is 7.97. The second-order valence-electron chi connectivity index (χ2n) is 3.85. The van der Waals surface area contributed by atoms with Crippen LogP contribution in [0.25, 0.3) is 0 Å². The molecular formula is C12H16ClNO3. The molecule has 0 saturated carbocycles. The molecule has 0 heterocycles. The van der Waals surface area contributed by atoms with E-state index in [9.17, 15) is 4.79 Å². The predicted octanol–water partition coefficient (Wildman–Crippen LogP) is 2.52. The molecule has 3 N–H and O–H groups in total. The summed E-state index contributed by atoms with van der Waals surface area (Å²) in [4.78, 5) is 10.5. The quantitative estimate of drug-likeness (QED) is 0.850. The van der Waals surface area contributed by atoms with Gasteiger partial charge in [0.2, 0.25) is 0 Å². The minimum atomic E-state index is -0.862. The Morgan fingerprint density at radius 3 is 2.76 bits per heavy atom. The fourth-order valence-electron chi connectivity index (χ4n) is 1.76. The fraction of sp³-hybridized carbons (Fsp3) is 0.417. The number of carbonyl (C=O) groups is 1. The van der Waals surface area contributed by atoms with Gasteiger partial charge in [-0.2, -0.15) is 0 Å². The van der Waals surface area contributed by atoms with E-state index in [1.165, 1.54) is 7.11 Å². The van der Waals surface area contributed by atoms with Gasteiger partial charge >= 0.3 is 5.97 Å². The third-order valence-corrected chi connectivity index (χ3v) is 2.91. The lowest BCUT2D eigenvalue weighted by atomic mass is 9.97. The monoisotopic (exact) mass is 257 g/mol. The first-order valence-corrected chi connectivity index (χ1v) is 5.65. The lowest BCUT2D eigenvalue weighted by Gasteiger charge is -2.18. The standard InChI is InChI=1S/C12H16ClNO3/c1-7-3-4-8(13)12(17-2)11(7)9(14)5-6-10(15)16/h3-4,9H,5-6,14H2,1-2H3,(H,15,16). The number of halogens is 1. The zero-order chi connectivity index (χ0) is 13.0. The third kappa shape index (κ3) is 3.35. The average molecular weight is 258 g/mol. The molecule has 0 fully saturated rings. The maximum atomic E-state index is 10.5. The largest absolute Gasteiger partial charge is 0.495 e. The van der Waals surface area contributed by atoms with E-state index >= 15 is 0 Å². The van der Waals surface area contributed by atoms with Crippen LogP contribution in [0.3, 0.4) is 0 Å². The highest BCUT2D eigenvalue weighted by Gasteiger charge is 2.18. The molecule has 1 aromatic rings. The van der Waals surface area contributed by atoms with Gasteiger partial charge in [0.25, 0.3) is 0 Å². The molecule has 0 spiro atoms. The van der Waals surface area contributed by atoms with E-state index < -0.39 is 5.97 Å². The Labute approximate surface area is 105 Å². The van der Waals surface area contributed by atoms with Crippen molar-refractivity contribution >= 4 is 17.6 Å². The molecule has 94 valence electrons. The predicted molar refractivity (Wildman–Crippen MR) is 66.5 cm³/mol. The Kier molecular flexibility index (Phi) is 4.78. The summed E-state index contributed by atoms with van der Waals surface area (Å²) in [6, 6.07) is 3.20. The van der Waals surface area contributed by atoms with Crippen LogP contribution in [0.15, 0.2) is 12.1 Å². The molecule has 0 aliphatic carbocycles. The van der Waals surface area contributed by atoms with Crippen molar-refractivity contribution in [3.05, 3.63) is 28.3 Å². The van der Waals surface area contributed by atoms with E-state index in [1.54, 1.807) is 6.07 Å². The summed E-state index contributed by atoms with van der Waals surface area (Å²) >= 11 is 6.01. The number of carboxylic acids is 1. The second kappa shape index (κ2) is 5.89. The molecule has 0 aliphatic rings. The molecule has 4 nitrogen and oxygen atoms in total. The van der Waals surface area contributed by atoms with Crippen molar-refractivity contribution in [2.24, 2.45) is 5.73 Å². The van der Waals surface area contributed by atoms with E-state index in [0.29, 0.717) is 17.2 Å². The number of benzene rings is 1. The summed E-state index contributed by atoms with van der Waals surface area (Å²) in [5, 5.41) is 9.13. The smallest absolute Gasteiger partial charge is 0.303 e. The summed E-state index contributed by atoms with van der Waals surface area (Å²) in [6.45, 7) is 1.90. The zero-order valence-corrected chi connectivity index (χ0v) is 10.6. The van der Waals surface area contributed by atoms with Gasteiger partial charge in [-0.3, -0.25) is 4.79 Å². The Bertz CT molecular complexity index is 420. The number of carboxylic acid groups (broad SMARTS) is 1. The fourth-order valence-corrected chi connectivity index (χ4v) is 2.00. The molecule has 1 rings (SSSR count). The minimum Gasteiger partial charge on any atom is -0.495 e. The lowest BCUT2D eigenvalue weighted by molar-refractivity contribution is -0.137. The van der Waals surface area contributed by atoms with E-state index in [4.69, 9.17) is 27.2 Å². The van der Waals surface area contributed by atoms with Crippen LogP contribution < -0.4 is 10.5 Å². The maximum absolute atomic E-state index is 10.5. The van der Waals surface area contributed by atoms with Crippen LogP contribution >= 0.6 is 11.6 Å². The van der Waals surface area contributed by atoms with Gasteiger partial charge in [-0.25, -0.2) is 0 Å². The molecule has 5 heteroatoms. The van der Waals surface area contributed by atoms with Crippen molar-refractivity contribution in [1.29, 1.82) is 0 Å². The van der Waals surface area contributed by atoms with Crippen molar-refractivity contribution < 1.29 is 14.6 Å². The molecule has 1 aromatic carbocycles. The van der Waals surface area contributed by atoms with Crippen molar-refractivity contribution in [3.8, 4) is 5.75 Å². The molecule has 1 atom stereocenters. The Morgan fingerprint density at radius 2 is 2.24 bits per heavy atom. The summed E-state index contributed by atoms with van der Waals surface area (Å²) in [7, 11) is 1.52. The van der Waals surface area contributed by atoms with Gasteiger partial charge in [0.05, 0.1) is 12.1 Å². The third-order valence-electron chi connectivity index (χ3n) is 2.61. The van der Waals surface area contributed by atoms with Crippen molar-refractivity contribution in [1.82, 2.24) is 0 Å². The average Bonchev–Trinajstić information content (AvgIpc) is 2.28. The van der Waals surface area contributed by atoms with Gasteiger partial charge in [0.15, 0.2) is 0 Å². The molecule has 1 unspecified atom stereocenters. The molecule has 0 bridgehead atoms. The van der Waals surface area contributed by atoms with Gasteiger partial charge in [-0.05, 0) is 25.0 Å². The van der Waals surface area contributed by atoms with Crippen LogP contribution in [0.5, 0.6) is 5.75 Å². The minimum absolute atomic E-state index is 0.0241. The van der Waals surface area contributed by atoms with Crippen LogP contribution in [0.2, 0.25) is 5.02 Å². The topological polar surface area (TPSA) is 72.5 Å². The van der Waals surface area contributed by atoms with Crippen molar-refractivity contribution in [2.75, 3.05) is 7.11 Å². The summed E-state index contributed by atoms with van der Waals surface area (Å²) in [5.41, 5.74) is 7.71. The van der Waals surface area contributed by atoms with Gasteiger partial charge in [0, 0.05) is 18.0 Å². The summed E-state index contributed by atoms with van der Waals surface area (Å²) in [5.74, 6) is -0.330. The molecule has 0 aliphatic heterocycles.